The second kappa shape index (κ2) is 5.86. The molecule has 1 aromatic rings. The van der Waals surface area contributed by atoms with Crippen LogP contribution in [0.2, 0.25) is 0 Å². The molecule has 0 saturated carbocycles. The highest BCUT2D eigenvalue weighted by atomic mass is 32.1. The quantitative estimate of drug-likeness (QED) is 0.921. The molecule has 0 radical (unpaired) electrons. The average molecular weight is 336 g/mol. The number of likely N-dealkylation sites (tertiary alicyclic amines) is 1. The summed E-state index contributed by atoms with van der Waals surface area (Å²) in [4.78, 5) is 28.5. The fourth-order valence-corrected chi connectivity index (χ4v) is 3.25. The summed E-state index contributed by atoms with van der Waals surface area (Å²) in [5.41, 5.74) is 0. The second-order valence-electron chi connectivity index (χ2n) is 5.52. The minimum Gasteiger partial charge on any atom is -0.481 e. The molecule has 1 saturated heterocycles. The highest BCUT2D eigenvalue weighted by Crippen LogP contribution is 2.38. The zero-order valence-electron chi connectivity index (χ0n) is 11.9. The Morgan fingerprint density at radius 3 is 2.45 bits per heavy atom. The molecule has 1 N–H and O–H groups in total. The third-order valence-electron chi connectivity index (χ3n) is 3.57. The number of aliphatic carboxylic acids is 1. The fourth-order valence-electron chi connectivity index (χ4n) is 2.36. The topological polar surface area (TPSA) is 70.5 Å². The van der Waals surface area contributed by atoms with E-state index < -0.39 is 43.0 Å². The van der Waals surface area contributed by atoms with Crippen LogP contribution in [0, 0.1) is 11.8 Å². The maximum atomic E-state index is 12.9. The molecule has 0 aliphatic carbocycles. The van der Waals surface area contributed by atoms with E-state index in [1.54, 1.807) is 0 Å². The summed E-state index contributed by atoms with van der Waals surface area (Å²) in [5.74, 6) is -5.68. The third kappa shape index (κ3) is 3.23. The lowest BCUT2D eigenvalue weighted by Gasteiger charge is -2.18. The maximum Gasteiger partial charge on any atom is 0.394 e. The molecule has 1 aromatic heterocycles. The summed E-state index contributed by atoms with van der Waals surface area (Å²) < 4.78 is 38.7. The van der Waals surface area contributed by atoms with E-state index in [9.17, 15) is 22.8 Å². The first kappa shape index (κ1) is 16.7. The fraction of sp³-hybridized carbons (Fsp3) is 0.615. The number of hydrogen-bond acceptors (Lipinski definition) is 4. The van der Waals surface area contributed by atoms with E-state index in [1.165, 1.54) is 6.20 Å². The van der Waals surface area contributed by atoms with Gasteiger partial charge in [-0.2, -0.15) is 13.2 Å². The number of nitrogens with zero attached hydrogens (tertiary/aromatic N) is 2. The van der Waals surface area contributed by atoms with Gasteiger partial charge in [0.2, 0.25) is 0 Å². The van der Waals surface area contributed by atoms with Gasteiger partial charge in [0.05, 0.1) is 23.0 Å². The van der Waals surface area contributed by atoms with Crippen LogP contribution < -0.4 is 0 Å². The minimum absolute atomic E-state index is 0.111. The first-order valence-corrected chi connectivity index (χ1v) is 7.47. The number of halogens is 3. The monoisotopic (exact) mass is 336 g/mol. The highest BCUT2D eigenvalue weighted by Gasteiger charge is 2.53. The number of carbonyl (C=O) groups excluding carboxylic acids is 1. The number of rotatable bonds is 3. The van der Waals surface area contributed by atoms with Crippen molar-refractivity contribution in [3.05, 3.63) is 16.1 Å². The first-order valence-electron chi connectivity index (χ1n) is 6.65. The Morgan fingerprint density at radius 1 is 1.41 bits per heavy atom. The van der Waals surface area contributed by atoms with Gasteiger partial charge in [0, 0.05) is 19.0 Å². The first-order chi connectivity index (χ1) is 10.1. The van der Waals surface area contributed by atoms with Crippen LogP contribution in [0.15, 0.2) is 6.20 Å². The number of thiazole rings is 1. The molecule has 1 fully saturated rings. The number of carboxylic acids is 1. The molecule has 1 aliphatic heterocycles. The van der Waals surface area contributed by atoms with Crippen LogP contribution in [-0.4, -0.2) is 46.1 Å². The van der Waals surface area contributed by atoms with Gasteiger partial charge >= 0.3 is 12.1 Å². The Morgan fingerprint density at radius 2 is 2.05 bits per heavy atom. The van der Waals surface area contributed by atoms with E-state index in [4.69, 9.17) is 5.11 Å². The minimum atomic E-state index is -4.64. The van der Waals surface area contributed by atoms with Gasteiger partial charge in [0.25, 0.3) is 5.91 Å². The lowest BCUT2D eigenvalue weighted by Crippen LogP contribution is -2.34. The van der Waals surface area contributed by atoms with E-state index in [-0.39, 0.29) is 10.8 Å². The molecule has 0 bridgehead atoms. The van der Waals surface area contributed by atoms with Crippen molar-refractivity contribution in [1.82, 2.24) is 9.88 Å². The van der Waals surface area contributed by atoms with Crippen molar-refractivity contribution in [3.63, 3.8) is 0 Å². The third-order valence-corrected chi connectivity index (χ3v) is 4.86. The summed E-state index contributed by atoms with van der Waals surface area (Å²) >= 11 is 1.12. The van der Waals surface area contributed by atoms with E-state index in [0.717, 1.165) is 16.2 Å². The van der Waals surface area contributed by atoms with E-state index in [1.807, 2.05) is 13.8 Å². The van der Waals surface area contributed by atoms with Crippen LogP contribution in [0.5, 0.6) is 0 Å². The Kier molecular flexibility index (Phi) is 4.46. The molecular formula is C13H15F3N2O3S. The molecule has 0 spiro atoms. The SMILES string of the molecule is CC(C)c1ncc(C(=O)N2C[C@@H](C(F)(F)F)[C@H](C(=O)O)C2)s1. The van der Waals surface area contributed by atoms with Gasteiger partial charge in [-0.05, 0) is 0 Å². The number of carboxylic acid groups (broad SMARTS) is 1. The standard InChI is InChI=1S/C13H15F3N2O3S/c1-6(2)10-17-3-9(22-10)11(19)18-4-7(12(20)21)8(5-18)13(14,15)16/h3,6-8H,4-5H2,1-2H3,(H,20,21)/t7-,8-/m1/s1. The Labute approximate surface area is 128 Å². The maximum absolute atomic E-state index is 12.9. The zero-order chi connectivity index (χ0) is 16.7. The van der Waals surface area contributed by atoms with Crippen molar-refractivity contribution in [1.29, 1.82) is 0 Å². The number of amides is 1. The van der Waals surface area contributed by atoms with Gasteiger partial charge in [-0.3, -0.25) is 9.59 Å². The van der Waals surface area contributed by atoms with Crippen molar-refractivity contribution in [2.75, 3.05) is 13.1 Å². The van der Waals surface area contributed by atoms with Crippen LogP contribution in [0.1, 0.15) is 34.4 Å². The van der Waals surface area contributed by atoms with Gasteiger partial charge in [-0.15, -0.1) is 11.3 Å². The molecular weight excluding hydrogens is 321 g/mol. The van der Waals surface area contributed by atoms with Crippen molar-refractivity contribution < 1.29 is 27.9 Å². The lowest BCUT2D eigenvalue weighted by molar-refractivity contribution is -0.187. The van der Waals surface area contributed by atoms with E-state index in [2.05, 4.69) is 4.98 Å². The summed E-state index contributed by atoms with van der Waals surface area (Å²) in [7, 11) is 0. The van der Waals surface area contributed by atoms with Crippen LogP contribution in [-0.2, 0) is 4.79 Å². The van der Waals surface area contributed by atoms with Crippen LogP contribution >= 0.6 is 11.3 Å². The average Bonchev–Trinajstić information content (AvgIpc) is 3.04. The normalized spacial score (nSPS) is 22.4. The smallest absolute Gasteiger partial charge is 0.394 e. The molecule has 2 heterocycles. The summed E-state index contributed by atoms with van der Waals surface area (Å²) in [6.07, 6.45) is -3.31. The van der Waals surface area contributed by atoms with Crippen LogP contribution in [0.25, 0.3) is 0 Å². The predicted octanol–water partition coefficient (Wildman–Crippen LogP) is 2.60. The van der Waals surface area contributed by atoms with Gasteiger partial charge in [-0.25, -0.2) is 4.98 Å². The Hall–Kier alpha value is -1.64. The summed E-state index contributed by atoms with van der Waals surface area (Å²) in [5, 5.41) is 9.66. The van der Waals surface area contributed by atoms with Crippen LogP contribution in [0.4, 0.5) is 13.2 Å². The van der Waals surface area contributed by atoms with Crippen molar-refractivity contribution in [2.24, 2.45) is 11.8 Å². The van der Waals surface area contributed by atoms with E-state index in [0.29, 0.717) is 5.01 Å². The second-order valence-corrected chi connectivity index (χ2v) is 6.58. The predicted molar refractivity (Wildman–Crippen MR) is 72.8 cm³/mol. The number of alkyl halides is 3. The van der Waals surface area contributed by atoms with Gasteiger partial charge in [0.1, 0.15) is 4.88 Å². The molecule has 0 unspecified atom stereocenters. The summed E-state index contributed by atoms with van der Waals surface area (Å²) in [6.45, 7) is 2.72. The molecule has 122 valence electrons. The van der Waals surface area contributed by atoms with Crippen molar-refractivity contribution in [3.8, 4) is 0 Å². The van der Waals surface area contributed by atoms with Gasteiger partial charge < -0.3 is 10.0 Å². The number of carbonyl (C=O) groups is 2. The molecule has 9 heteroatoms. The number of aromatic nitrogens is 1. The largest absolute Gasteiger partial charge is 0.481 e. The molecule has 22 heavy (non-hydrogen) atoms. The summed E-state index contributed by atoms with van der Waals surface area (Å²) in [6, 6.07) is 0. The Bertz CT molecular complexity index is 585. The highest BCUT2D eigenvalue weighted by molar-refractivity contribution is 7.13. The molecule has 1 aliphatic rings. The Balaban J connectivity index is 2.19. The molecule has 0 aromatic carbocycles. The lowest BCUT2D eigenvalue weighted by atomic mass is 9.96. The number of hydrogen-bond donors (Lipinski definition) is 1. The molecule has 1 amide bonds. The van der Waals surface area contributed by atoms with Crippen molar-refractivity contribution >= 4 is 23.2 Å². The van der Waals surface area contributed by atoms with E-state index >= 15 is 0 Å². The zero-order valence-corrected chi connectivity index (χ0v) is 12.7. The van der Waals surface area contributed by atoms with Crippen LogP contribution in [0.3, 0.4) is 0 Å². The molecule has 2 rings (SSSR count). The van der Waals surface area contributed by atoms with Crippen molar-refractivity contribution in [2.45, 2.75) is 25.9 Å². The van der Waals surface area contributed by atoms with Gasteiger partial charge in [-0.1, -0.05) is 13.8 Å². The molecule has 5 nitrogen and oxygen atoms in total. The van der Waals surface area contributed by atoms with Gasteiger partial charge in [0.15, 0.2) is 0 Å². The molecule has 2 atom stereocenters.